The lowest BCUT2D eigenvalue weighted by Gasteiger charge is -2.42. The number of carbonyl (C=O) groups excluding carboxylic acids is 2. The first kappa shape index (κ1) is 30.0. The molecule has 1 unspecified atom stereocenters. The van der Waals surface area contributed by atoms with Gasteiger partial charge < -0.3 is 14.5 Å². The van der Waals surface area contributed by atoms with Crippen LogP contribution in [0.15, 0.2) is 47.4 Å². The van der Waals surface area contributed by atoms with Crippen LogP contribution in [0.3, 0.4) is 0 Å². The maximum Gasteiger partial charge on any atom is 0.320 e. The van der Waals surface area contributed by atoms with E-state index < -0.39 is 39.0 Å². The van der Waals surface area contributed by atoms with Crippen molar-refractivity contribution in [3.63, 3.8) is 0 Å². The molecule has 0 aliphatic carbocycles. The van der Waals surface area contributed by atoms with Crippen LogP contribution in [0.25, 0.3) is 0 Å². The number of halogens is 3. The van der Waals surface area contributed by atoms with Crippen molar-refractivity contribution in [1.82, 2.24) is 9.80 Å². The Bertz CT molecular complexity index is 1340. The third-order valence-electron chi connectivity index (χ3n) is 7.02. The Balaban J connectivity index is 1.54. The van der Waals surface area contributed by atoms with Gasteiger partial charge in [-0.1, -0.05) is 11.6 Å². The Labute approximate surface area is 238 Å². The van der Waals surface area contributed by atoms with E-state index in [1.54, 1.807) is 9.80 Å². The van der Waals surface area contributed by atoms with E-state index in [1.165, 1.54) is 24.3 Å². The predicted octanol–water partition coefficient (Wildman–Crippen LogP) is 5.45. The monoisotopic (exact) mass is 597 g/mol. The van der Waals surface area contributed by atoms with Crippen molar-refractivity contribution >= 4 is 39.3 Å². The summed E-state index contributed by atoms with van der Waals surface area (Å²) in [5, 5.41) is 0.326. The Morgan fingerprint density at radius 3 is 2.25 bits per heavy atom. The number of anilines is 1. The Kier molecular flexibility index (Phi) is 8.94. The molecule has 2 amide bonds. The molecule has 2 aliphatic rings. The Morgan fingerprint density at radius 1 is 0.975 bits per heavy atom. The molecule has 0 radical (unpaired) electrons. The highest BCUT2D eigenvalue weighted by molar-refractivity contribution is 7.92. The van der Waals surface area contributed by atoms with Gasteiger partial charge in [0.15, 0.2) is 0 Å². The summed E-state index contributed by atoms with van der Waals surface area (Å²) >= 11 is 5.94. The molecule has 2 aromatic rings. The van der Waals surface area contributed by atoms with E-state index in [-0.39, 0.29) is 29.4 Å². The van der Waals surface area contributed by atoms with Crippen molar-refractivity contribution in [3.05, 3.63) is 59.1 Å². The van der Waals surface area contributed by atoms with E-state index >= 15 is 4.39 Å². The lowest BCUT2D eigenvalue weighted by molar-refractivity contribution is -0.161. The number of nitrogens with zero attached hydrogens (tertiary/aromatic N) is 3. The minimum atomic E-state index is -4.35. The fourth-order valence-corrected chi connectivity index (χ4v) is 6.91. The van der Waals surface area contributed by atoms with Gasteiger partial charge in [0.2, 0.25) is 0 Å². The number of likely N-dealkylation sites (tertiary alicyclic amines) is 2. The maximum absolute atomic E-state index is 15.0. The molecule has 0 saturated carbocycles. The first-order valence-corrected chi connectivity index (χ1v) is 15.1. The maximum atomic E-state index is 15.0. The Hall–Kier alpha value is -2.92. The van der Waals surface area contributed by atoms with Gasteiger partial charge in [-0.2, -0.15) is 0 Å². The van der Waals surface area contributed by atoms with Crippen molar-refractivity contribution in [3.8, 4) is 0 Å². The lowest BCUT2D eigenvalue weighted by atomic mass is 9.96. The molecular formula is C28H34ClF2N3O5S. The van der Waals surface area contributed by atoms with Crippen molar-refractivity contribution in [2.45, 2.75) is 63.0 Å². The molecule has 2 aromatic carbocycles. The molecule has 40 heavy (non-hydrogen) atoms. The fraction of sp³-hybridized carbons (Fsp3) is 0.500. The first-order chi connectivity index (χ1) is 18.8. The summed E-state index contributed by atoms with van der Waals surface area (Å²) in [5.74, 6) is -2.26. The summed E-state index contributed by atoms with van der Waals surface area (Å²) in [6.45, 7) is 6.52. The average Bonchev–Trinajstić information content (AvgIpc) is 2.90. The highest BCUT2D eigenvalue weighted by Gasteiger charge is 2.39. The number of hydrogen-bond donors (Lipinski definition) is 0. The number of urea groups is 1. The second-order valence-corrected chi connectivity index (χ2v) is 13.4. The molecule has 2 heterocycles. The van der Waals surface area contributed by atoms with Gasteiger partial charge in [0.05, 0.1) is 22.5 Å². The molecule has 2 saturated heterocycles. The molecular weight excluding hydrogens is 564 g/mol. The standard InChI is InChI=1S/C28H34ClF2N3O5S/c1-28(2,3)39-26(35)19-12-15-32(16-13-19)27(36)33-14-4-5-22(18-33)34(25-17-21(30)8-11-24(25)31)40(37,38)23-9-6-20(29)7-10-23/h6-11,17,19,22H,4-5,12-16,18H2,1-3H3. The molecule has 0 aromatic heterocycles. The van der Waals surface area contributed by atoms with Crippen LogP contribution in [0.4, 0.5) is 19.3 Å². The van der Waals surface area contributed by atoms with E-state index in [0.29, 0.717) is 50.3 Å². The molecule has 0 spiro atoms. The second kappa shape index (κ2) is 11.9. The molecule has 0 N–H and O–H groups in total. The van der Waals surface area contributed by atoms with Crippen LogP contribution in [0.2, 0.25) is 5.02 Å². The number of benzene rings is 2. The van der Waals surface area contributed by atoms with Crippen molar-refractivity contribution < 1.29 is 31.5 Å². The quantitative estimate of drug-likeness (QED) is 0.428. The summed E-state index contributed by atoms with van der Waals surface area (Å²) in [7, 11) is -4.35. The number of ether oxygens (including phenoxy) is 1. The van der Waals surface area contributed by atoms with Crippen LogP contribution in [0.1, 0.15) is 46.5 Å². The Morgan fingerprint density at radius 2 is 1.62 bits per heavy atom. The molecule has 0 bridgehead atoms. The van der Waals surface area contributed by atoms with Crippen LogP contribution in [0, 0.1) is 17.6 Å². The molecule has 8 nitrogen and oxygen atoms in total. The fourth-order valence-electron chi connectivity index (χ4n) is 5.11. The second-order valence-electron chi connectivity index (χ2n) is 11.2. The number of amides is 2. The first-order valence-electron chi connectivity index (χ1n) is 13.3. The van der Waals surface area contributed by atoms with Crippen LogP contribution in [-0.4, -0.2) is 68.0 Å². The lowest BCUT2D eigenvalue weighted by Crippen LogP contribution is -2.56. The van der Waals surface area contributed by atoms with Crippen molar-refractivity contribution in [1.29, 1.82) is 0 Å². The zero-order chi connectivity index (χ0) is 29.2. The minimum absolute atomic E-state index is 0.00635. The number of piperidine rings is 2. The molecule has 4 rings (SSSR count). The summed E-state index contributed by atoms with van der Waals surface area (Å²) in [6.07, 6.45) is 1.73. The highest BCUT2D eigenvalue weighted by atomic mass is 35.5. The van der Waals surface area contributed by atoms with E-state index in [1.807, 2.05) is 20.8 Å². The number of rotatable bonds is 5. The van der Waals surface area contributed by atoms with Gasteiger partial charge in [-0.3, -0.25) is 9.10 Å². The summed E-state index contributed by atoms with van der Waals surface area (Å²) < 4.78 is 63.3. The minimum Gasteiger partial charge on any atom is -0.460 e. The summed E-state index contributed by atoms with van der Waals surface area (Å²) in [6, 6.07) is 6.97. The zero-order valence-corrected chi connectivity index (χ0v) is 24.4. The molecule has 12 heteroatoms. The van der Waals surface area contributed by atoms with Crippen LogP contribution in [0.5, 0.6) is 0 Å². The number of esters is 1. The number of sulfonamides is 1. The normalized spacial score (nSPS) is 18.9. The van der Waals surface area contributed by atoms with Crippen LogP contribution in [-0.2, 0) is 19.6 Å². The highest BCUT2D eigenvalue weighted by Crippen LogP contribution is 2.33. The van der Waals surface area contributed by atoms with Crippen LogP contribution >= 0.6 is 11.6 Å². The van der Waals surface area contributed by atoms with Gasteiger partial charge in [-0.15, -0.1) is 0 Å². The van der Waals surface area contributed by atoms with E-state index in [4.69, 9.17) is 16.3 Å². The largest absolute Gasteiger partial charge is 0.460 e. The van der Waals surface area contributed by atoms with Gasteiger partial charge in [-0.05, 0) is 82.9 Å². The third-order valence-corrected chi connectivity index (χ3v) is 9.15. The van der Waals surface area contributed by atoms with Gasteiger partial charge in [0.25, 0.3) is 10.0 Å². The topological polar surface area (TPSA) is 87.2 Å². The summed E-state index contributed by atoms with van der Waals surface area (Å²) in [5.41, 5.74) is -1.01. The average molecular weight is 598 g/mol. The van der Waals surface area contributed by atoms with Gasteiger partial charge in [0.1, 0.15) is 17.2 Å². The number of carbonyl (C=O) groups is 2. The molecule has 1 atom stereocenters. The van der Waals surface area contributed by atoms with E-state index in [2.05, 4.69) is 0 Å². The molecule has 218 valence electrons. The molecule has 2 fully saturated rings. The number of hydrogen-bond acceptors (Lipinski definition) is 5. The smallest absolute Gasteiger partial charge is 0.320 e. The SMILES string of the molecule is CC(C)(C)OC(=O)C1CCN(C(=O)N2CCCC(N(c3cc(F)ccc3F)S(=O)(=O)c3ccc(Cl)cc3)C2)CC1. The predicted molar refractivity (Wildman–Crippen MR) is 148 cm³/mol. The zero-order valence-electron chi connectivity index (χ0n) is 22.8. The third kappa shape index (κ3) is 6.86. The van der Waals surface area contributed by atoms with Gasteiger partial charge in [-0.25, -0.2) is 22.0 Å². The van der Waals surface area contributed by atoms with Crippen molar-refractivity contribution in [2.24, 2.45) is 5.92 Å². The van der Waals surface area contributed by atoms with Crippen molar-refractivity contribution in [2.75, 3.05) is 30.5 Å². The van der Waals surface area contributed by atoms with E-state index in [0.717, 1.165) is 22.5 Å². The van der Waals surface area contributed by atoms with Gasteiger partial charge >= 0.3 is 12.0 Å². The van der Waals surface area contributed by atoms with E-state index in [9.17, 15) is 22.4 Å². The molecule has 2 aliphatic heterocycles. The van der Waals surface area contributed by atoms with Crippen LogP contribution < -0.4 is 4.31 Å². The summed E-state index contributed by atoms with van der Waals surface area (Å²) in [4.78, 5) is 29.0. The van der Waals surface area contributed by atoms with Gasteiger partial charge in [0, 0.05) is 37.3 Å².